The largest absolute Gasteiger partial charge is 0.421 e. The van der Waals surface area contributed by atoms with Crippen molar-refractivity contribution in [3.8, 4) is 0 Å². The summed E-state index contributed by atoms with van der Waals surface area (Å²) in [4.78, 5) is -0.119. The lowest BCUT2D eigenvalue weighted by Gasteiger charge is -2.24. The predicted octanol–water partition coefficient (Wildman–Crippen LogP) is 3.28. The first-order valence-corrected chi connectivity index (χ1v) is 4.96. The number of aliphatic hydroxyl groups is 1. The minimum atomic E-state index is -4.64. The Morgan fingerprint density at radius 3 is 2.31 bits per heavy atom. The first-order valence-electron chi connectivity index (χ1n) is 3.29. The predicted molar refractivity (Wildman–Crippen MR) is 47.6 cm³/mol. The molecule has 1 N–H and O–H groups in total. The van der Waals surface area contributed by atoms with Crippen LogP contribution in [-0.2, 0) is 5.60 Å². The molecule has 1 aromatic heterocycles. The summed E-state index contributed by atoms with van der Waals surface area (Å²) in [6.07, 6.45) is -4.64. The summed E-state index contributed by atoms with van der Waals surface area (Å²) in [6.45, 7) is 0.741. The Kier molecular flexibility index (Phi) is 2.75. The number of halogens is 4. The van der Waals surface area contributed by atoms with Crippen molar-refractivity contribution >= 4 is 27.3 Å². The van der Waals surface area contributed by atoms with Crippen LogP contribution in [0.5, 0.6) is 0 Å². The van der Waals surface area contributed by atoms with E-state index in [0.29, 0.717) is 4.47 Å². The molecule has 0 saturated heterocycles. The molecular formula is C7H6BrF3OS. The summed E-state index contributed by atoms with van der Waals surface area (Å²) in [7, 11) is 0. The highest BCUT2D eigenvalue weighted by molar-refractivity contribution is 9.10. The molecule has 1 aromatic rings. The molecule has 6 heteroatoms. The number of rotatable bonds is 1. The van der Waals surface area contributed by atoms with E-state index in [1.54, 1.807) is 0 Å². The van der Waals surface area contributed by atoms with Crippen LogP contribution in [0.25, 0.3) is 0 Å². The van der Waals surface area contributed by atoms with Crippen molar-refractivity contribution < 1.29 is 18.3 Å². The van der Waals surface area contributed by atoms with E-state index >= 15 is 0 Å². The van der Waals surface area contributed by atoms with E-state index in [1.165, 1.54) is 11.4 Å². The van der Waals surface area contributed by atoms with Gasteiger partial charge in [0, 0.05) is 14.7 Å². The van der Waals surface area contributed by atoms with Gasteiger partial charge < -0.3 is 5.11 Å². The quantitative estimate of drug-likeness (QED) is 0.833. The molecule has 74 valence electrons. The molecule has 1 rings (SSSR count). The van der Waals surface area contributed by atoms with Crippen LogP contribution in [-0.4, -0.2) is 11.3 Å². The van der Waals surface area contributed by atoms with Gasteiger partial charge in [0.1, 0.15) is 0 Å². The smallest absolute Gasteiger partial charge is 0.376 e. The van der Waals surface area contributed by atoms with Crippen molar-refractivity contribution in [2.24, 2.45) is 0 Å². The number of hydrogen-bond donors (Lipinski definition) is 1. The van der Waals surface area contributed by atoms with Crippen molar-refractivity contribution in [1.82, 2.24) is 0 Å². The average Bonchev–Trinajstić information content (AvgIpc) is 2.33. The van der Waals surface area contributed by atoms with E-state index in [9.17, 15) is 18.3 Å². The van der Waals surface area contributed by atoms with Crippen molar-refractivity contribution in [2.45, 2.75) is 18.7 Å². The fourth-order valence-electron chi connectivity index (χ4n) is 0.708. The lowest BCUT2D eigenvalue weighted by molar-refractivity contribution is -0.257. The molecule has 0 amide bonds. The van der Waals surface area contributed by atoms with Gasteiger partial charge >= 0.3 is 6.18 Å². The molecule has 1 atom stereocenters. The molecular weight excluding hydrogens is 269 g/mol. The third-order valence-corrected chi connectivity index (χ3v) is 3.50. The Hall–Kier alpha value is -0.0700. The minimum Gasteiger partial charge on any atom is -0.376 e. The second kappa shape index (κ2) is 3.25. The van der Waals surface area contributed by atoms with E-state index in [0.717, 1.165) is 18.3 Å². The Balaban J connectivity index is 3.07. The van der Waals surface area contributed by atoms with Crippen LogP contribution in [0.3, 0.4) is 0 Å². The summed E-state index contributed by atoms with van der Waals surface area (Å²) < 4.78 is 37.3. The molecule has 0 bridgehead atoms. The van der Waals surface area contributed by atoms with E-state index in [1.807, 2.05) is 0 Å². The number of hydrogen-bond acceptors (Lipinski definition) is 2. The van der Waals surface area contributed by atoms with Gasteiger partial charge in [-0.3, -0.25) is 0 Å². The molecule has 1 heterocycles. The normalized spacial score (nSPS) is 17.1. The van der Waals surface area contributed by atoms with Gasteiger partial charge in [0.15, 0.2) is 5.60 Å². The van der Waals surface area contributed by atoms with E-state index in [2.05, 4.69) is 15.9 Å². The van der Waals surface area contributed by atoms with Crippen LogP contribution in [0.1, 0.15) is 11.8 Å². The minimum absolute atomic E-state index is 0.119. The Labute approximate surface area is 85.3 Å². The summed E-state index contributed by atoms with van der Waals surface area (Å²) >= 11 is 3.89. The zero-order chi connectivity index (χ0) is 10.3. The highest BCUT2D eigenvalue weighted by Crippen LogP contribution is 2.41. The number of alkyl halides is 3. The molecule has 0 aliphatic heterocycles. The maximum atomic E-state index is 12.3. The highest BCUT2D eigenvalue weighted by Gasteiger charge is 2.51. The summed E-state index contributed by atoms with van der Waals surface area (Å²) in [5, 5.41) is 10.7. The van der Waals surface area contributed by atoms with Crippen LogP contribution in [0.4, 0.5) is 13.2 Å². The molecule has 13 heavy (non-hydrogen) atoms. The van der Waals surface area contributed by atoms with E-state index in [-0.39, 0.29) is 4.88 Å². The van der Waals surface area contributed by atoms with Gasteiger partial charge in [-0.1, -0.05) is 0 Å². The second-order valence-corrected chi connectivity index (χ2v) is 4.53. The molecule has 0 radical (unpaired) electrons. The fraction of sp³-hybridized carbons (Fsp3) is 0.429. The Bertz CT molecular complexity index is 305. The van der Waals surface area contributed by atoms with Crippen LogP contribution in [0.15, 0.2) is 15.9 Å². The highest BCUT2D eigenvalue weighted by atomic mass is 79.9. The lowest BCUT2D eigenvalue weighted by atomic mass is 10.1. The molecule has 0 spiro atoms. The molecule has 0 saturated carbocycles. The Morgan fingerprint density at radius 1 is 1.46 bits per heavy atom. The molecule has 1 unspecified atom stereocenters. The molecule has 0 aliphatic carbocycles. The van der Waals surface area contributed by atoms with Crippen LogP contribution >= 0.6 is 27.3 Å². The first kappa shape index (κ1) is 11.0. The fourth-order valence-corrected chi connectivity index (χ4v) is 2.22. The zero-order valence-electron chi connectivity index (χ0n) is 6.52. The maximum Gasteiger partial charge on any atom is 0.421 e. The van der Waals surface area contributed by atoms with Crippen molar-refractivity contribution in [2.75, 3.05) is 0 Å². The average molecular weight is 275 g/mol. The topological polar surface area (TPSA) is 20.2 Å². The molecule has 0 fully saturated rings. The van der Waals surface area contributed by atoms with E-state index < -0.39 is 11.8 Å². The van der Waals surface area contributed by atoms with Gasteiger partial charge in [0.25, 0.3) is 0 Å². The van der Waals surface area contributed by atoms with Gasteiger partial charge in [-0.05, 0) is 28.9 Å². The molecule has 0 aromatic carbocycles. The second-order valence-electron chi connectivity index (χ2n) is 2.70. The molecule has 1 nitrogen and oxygen atoms in total. The maximum absolute atomic E-state index is 12.3. The van der Waals surface area contributed by atoms with Gasteiger partial charge in [0.05, 0.1) is 0 Å². The zero-order valence-corrected chi connectivity index (χ0v) is 8.92. The van der Waals surface area contributed by atoms with Gasteiger partial charge in [-0.2, -0.15) is 13.2 Å². The lowest BCUT2D eigenvalue weighted by Crippen LogP contribution is -2.38. The van der Waals surface area contributed by atoms with Crippen molar-refractivity contribution in [3.05, 3.63) is 20.8 Å². The van der Waals surface area contributed by atoms with Crippen LogP contribution in [0.2, 0.25) is 0 Å². The van der Waals surface area contributed by atoms with Gasteiger partial charge in [-0.15, -0.1) is 11.3 Å². The number of thiophene rings is 1. The summed E-state index contributed by atoms with van der Waals surface area (Å²) in [5.41, 5.74) is -2.76. The van der Waals surface area contributed by atoms with E-state index in [4.69, 9.17) is 0 Å². The summed E-state index contributed by atoms with van der Waals surface area (Å²) in [5.74, 6) is 0. The van der Waals surface area contributed by atoms with Crippen molar-refractivity contribution in [3.63, 3.8) is 0 Å². The molecule has 0 aliphatic rings. The van der Waals surface area contributed by atoms with Crippen LogP contribution in [0, 0.1) is 0 Å². The summed E-state index contributed by atoms with van der Waals surface area (Å²) in [6, 6.07) is 1.26. The third kappa shape index (κ3) is 2.05. The standard InChI is InChI=1S/C7H6BrF3OS/c1-6(12,7(9,10)11)5-2-4(8)3-13-5/h2-3,12H,1H3. The van der Waals surface area contributed by atoms with Gasteiger partial charge in [-0.25, -0.2) is 0 Å². The first-order chi connectivity index (χ1) is 5.75. The SMILES string of the molecule is CC(O)(c1cc(Br)cs1)C(F)(F)F. The third-order valence-electron chi connectivity index (χ3n) is 1.60. The van der Waals surface area contributed by atoms with Crippen molar-refractivity contribution in [1.29, 1.82) is 0 Å². The van der Waals surface area contributed by atoms with Gasteiger partial charge in [0.2, 0.25) is 0 Å². The Morgan fingerprint density at radius 2 is 2.00 bits per heavy atom. The monoisotopic (exact) mass is 274 g/mol. The van der Waals surface area contributed by atoms with Crippen LogP contribution < -0.4 is 0 Å².